The van der Waals surface area contributed by atoms with Gasteiger partial charge in [-0.25, -0.2) is 9.97 Å². The molecule has 7 heteroatoms. The summed E-state index contributed by atoms with van der Waals surface area (Å²) in [5, 5.41) is 0.700. The maximum atomic E-state index is 6.24. The van der Waals surface area contributed by atoms with E-state index in [9.17, 15) is 0 Å². The van der Waals surface area contributed by atoms with E-state index in [-0.39, 0.29) is 6.10 Å². The fourth-order valence-electron chi connectivity index (χ4n) is 2.95. The van der Waals surface area contributed by atoms with Crippen LogP contribution in [0.3, 0.4) is 0 Å². The van der Waals surface area contributed by atoms with Crippen molar-refractivity contribution in [2.75, 3.05) is 40.5 Å². The third-order valence-corrected chi connectivity index (χ3v) is 4.42. The average molecular weight is 430 g/mol. The first kappa shape index (κ1) is 24.6. The lowest BCUT2D eigenvalue weighted by Crippen LogP contribution is -2.19. The second-order valence-corrected chi connectivity index (χ2v) is 7.54. The van der Waals surface area contributed by atoms with Crippen LogP contribution in [-0.4, -0.2) is 61.4 Å². The first-order chi connectivity index (χ1) is 14.9. The highest BCUT2D eigenvalue weighted by molar-refractivity contribution is 5.91. The van der Waals surface area contributed by atoms with E-state index in [1.807, 2.05) is 46.2 Å². The highest BCUT2D eigenvalue weighted by atomic mass is 16.5. The maximum Gasteiger partial charge on any atom is 0.233 e. The summed E-state index contributed by atoms with van der Waals surface area (Å²) in [5.74, 6) is 2.20. The highest BCUT2D eigenvalue weighted by Crippen LogP contribution is 2.36. The van der Waals surface area contributed by atoms with Crippen molar-refractivity contribution in [2.24, 2.45) is 0 Å². The predicted octanol–water partition coefficient (Wildman–Crippen LogP) is 4.62. The third-order valence-electron chi connectivity index (χ3n) is 4.42. The van der Waals surface area contributed by atoms with E-state index in [4.69, 9.17) is 18.9 Å². The Bertz CT molecular complexity index is 867. The van der Waals surface area contributed by atoms with Gasteiger partial charge in [-0.3, -0.25) is 0 Å². The summed E-state index contributed by atoms with van der Waals surface area (Å²) in [7, 11) is 4.04. The van der Waals surface area contributed by atoms with E-state index in [1.54, 1.807) is 6.08 Å². The summed E-state index contributed by atoms with van der Waals surface area (Å²) in [5.41, 5.74) is 0.683. The van der Waals surface area contributed by atoms with Crippen LogP contribution in [0.25, 0.3) is 10.9 Å². The predicted molar refractivity (Wildman–Crippen MR) is 124 cm³/mol. The molecule has 0 saturated heterocycles. The average Bonchev–Trinajstić information content (AvgIpc) is 2.70. The van der Waals surface area contributed by atoms with Crippen molar-refractivity contribution in [1.82, 2.24) is 14.9 Å². The molecular formula is C24H35N3O4. The Morgan fingerprint density at radius 2 is 2.00 bits per heavy atom. The van der Waals surface area contributed by atoms with Gasteiger partial charge in [0.1, 0.15) is 35.6 Å². The van der Waals surface area contributed by atoms with Crippen molar-refractivity contribution in [2.45, 2.75) is 39.7 Å². The molecular weight excluding hydrogens is 394 g/mol. The molecule has 1 aromatic carbocycles. The second-order valence-electron chi connectivity index (χ2n) is 7.54. The molecule has 1 unspecified atom stereocenters. The monoisotopic (exact) mass is 429 g/mol. The van der Waals surface area contributed by atoms with Gasteiger partial charge in [0.15, 0.2) is 0 Å². The lowest BCUT2D eigenvalue weighted by molar-refractivity contribution is 0.0888. The minimum absolute atomic E-state index is 0.0320. The lowest BCUT2D eigenvalue weighted by atomic mass is 10.2. The molecule has 0 fully saturated rings. The van der Waals surface area contributed by atoms with Gasteiger partial charge in [-0.05, 0) is 40.4 Å². The number of aromatic nitrogens is 2. The van der Waals surface area contributed by atoms with Crippen molar-refractivity contribution >= 4 is 10.9 Å². The first-order valence-electron chi connectivity index (χ1n) is 10.7. The molecule has 0 aliphatic heterocycles. The number of rotatable bonds is 14. The standard InChI is InChI=1S/C24H35N3O4/c1-7-9-18(3)30-22-16-20(29-14-13-28-12-11-27(5)6)15-21-23(22)24(26-17-25-21)31-19(4)10-8-2/h8,10,15-18H,4,7,9,11-14H2,1-3,5-6H3/b10-8-. The fourth-order valence-corrected chi connectivity index (χ4v) is 2.95. The number of ether oxygens (including phenoxy) is 4. The zero-order chi connectivity index (χ0) is 22.6. The Morgan fingerprint density at radius 1 is 1.19 bits per heavy atom. The molecule has 0 spiro atoms. The Kier molecular flexibility index (Phi) is 10.3. The van der Waals surface area contributed by atoms with Crippen LogP contribution in [0.2, 0.25) is 0 Å². The Hall–Kier alpha value is -2.64. The summed E-state index contributed by atoms with van der Waals surface area (Å²) in [6, 6.07) is 3.72. The van der Waals surface area contributed by atoms with E-state index >= 15 is 0 Å². The van der Waals surface area contributed by atoms with Gasteiger partial charge < -0.3 is 23.8 Å². The van der Waals surface area contributed by atoms with Gasteiger partial charge in [0.25, 0.3) is 0 Å². The number of hydrogen-bond acceptors (Lipinski definition) is 7. The van der Waals surface area contributed by atoms with E-state index in [1.165, 1.54) is 6.33 Å². The van der Waals surface area contributed by atoms with Crippen LogP contribution in [-0.2, 0) is 4.74 Å². The molecule has 0 radical (unpaired) electrons. The maximum absolute atomic E-state index is 6.24. The minimum atomic E-state index is 0.0320. The number of hydrogen-bond donors (Lipinski definition) is 0. The number of benzene rings is 1. The summed E-state index contributed by atoms with van der Waals surface area (Å²) < 4.78 is 23.6. The molecule has 2 aromatic rings. The van der Waals surface area contributed by atoms with Gasteiger partial charge in [-0.1, -0.05) is 26.0 Å². The quantitative estimate of drug-likeness (QED) is 0.247. The molecule has 7 nitrogen and oxygen atoms in total. The van der Waals surface area contributed by atoms with Gasteiger partial charge in [0.2, 0.25) is 5.88 Å². The summed E-state index contributed by atoms with van der Waals surface area (Å²) in [6.45, 7) is 12.5. The van der Waals surface area contributed by atoms with Crippen molar-refractivity contribution in [3.8, 4) is 17.4 Å². The van der Waals surface area contributed by atoms with E-state index in [0.29, 0.717) is 53.9 Å². The summed E-state index contributed by atoms with van der Waals surface area (Å²) in [6.07, 6.45) is 7.10. The molecule has 1 heterocycles. The van der Waals surface area contributed by atoms with Crippen molar-refractivity contribution in [1.29, 1.82) is 0 Å². The number of likely N-dealkylation sites (N-methyl/N-ethyl adjacent to an activating group) is 1. The Labute approximate surface area is 185 Å². The van der Waals surface area contributed by atoms with Crippen molar-refractivity contribution in [3.63, 3.8) is 0 Å². The molecule has 0 aliphatic carbocycles. The van der Waals surface area contributed by atoms with Crippen LogP contribution in [0, 0.1) is 0 Å². The zero-order valence-electron chi connectivity index (χ0n) is 19.4. The molecule has 0 aliphatic rings. The van der Waals surface area contributed by atoms with E-state index in [2.05, 4.69) is 28.4 Å². The first-order valence-corrected chi connectivity index (χ1v) is 10.7. The van der Waals surface area contributed by atoms with Crippen molar-refractivity contribution < 1.29 is 18.9 Å². The van der Waals surface area contributed by atoms with Gasteiger partial charge in [0, 0.05) is 18.7 Å². The van der Waals surface area contributed by atoms with Crippen LogP contribution in [0.4, 0.5) is 0 Å². The molecule has 0 N–H and O–H groups in total. The molecule has 0 amide bonds. The summed E-state index contributed by atoms with van der Waals surface area (Å²) in [4.78, 5) is 10.8. The van der Waals surface area contributed by atoms with Crippen LogP contribution < -0.4 is 14.2 Å². The van der Waals surface area contributed by atoms with Crippen LogP contribution >= 0.6 is 0 Å². The van der Waals surface area contributed by atoms with E-state index in [0.717, 1.165) is 19.4 Å². The smallest absolute Gasteiger partial charge is 0.233 e. The topological polar surface area (TPSA) is 65.9 Å². The molecule has 170 valence electrons. The van der Waals surface area contributed by atoms with Gasteiger partial charge in [0.05, 0.1) is 24.8 Å². The largest absolute Gasteiger partial charge is 0.491 e. The van der Waals surface area contributed by atoms with Crippen LogP contribution in [0.1, 0.15) is 33.6 Å². The summed E-state index contributed by atoms with van der Waals surface area (Å²) >= 11 is 0. The Balaban J connectivity index is 2.24. The van der Waals surface area contributed by atoms with Crippen molar-refractivity contribution in [3.05, 3.63) is 43.0 Å². The fraction of sp³-hybridized carbons (Fsp3) is 0.500. The minimum Gasteiger partial charge on any atom is -0.491 e. The normalized spacial score (nSPS) is 12.5. The lowest BCUT2D eigenvalue weighted by Gasteiger charge is -2.18. The van der Waals surface area contributed by atoms with Crippen LogP contribution in [0.15, 0.2) is 43.0 Å². The molecule has 31 heavy (non-hydrogen) atoms. The van der Waals surface area contributed by atoms with Gasteiger partial charge in [-0.15, -0.1) is 0 Å². The second kappa shape index (κ2) is 12.9. The van der Waals surface area contributed by atoms with E-state index < -0.39 is 0 Å². The molecule has 1 aromatic heterocycles. The number of fused-ring (bicyclic) bond motifs is 1. The van der Waals surface area contributed by atoms with Gasteiger partial charge in [-0.2, -0.15) is 0 Å². The molecule has 1 atom stereocenters. The molecule has 0 saturated carbocycles. The molecule has 0 bridgehead atoms. The highest BCUT2D eigenvalue weighted by Gasteiger charge is 2.17. The number of nitrogens with zero attached hydrogens (tertiary/aromatic N) is 3. The zero-order valence-corrected chi connectivity index (χ0v) is 19.4. The van der Waals surface area contributed by atoms with Gasteiger partial charge >= 0.3 is 0 Å². The Morgan fingerprint density at radius 3 is 2.71 bits per heavy atom. The number of allylic oxidation sites excluding steroid dienone is 2. The third kappa shape index (κ3) is 8.19. The SMILES string of the molecule is C=C(/C=C\C)Oc1ncnc2cc(OCCOCCN(C)C)cc(OC(C)CCC)c12. The molecule has 2 rings (SSSR count). The van der Waals surface area contributed by atoms with Crippen LogP contribution in [0.5, 0.6) is 17.4 Å².